The summed E-state index contributed by atoms with van der Waals surface area (Å²) < 4.78 is 5.38. The predicted molar refractivity (Wildman–Crippen MR) is 54.8 cm³/mol. The number of benzene rings is 1. The van der Waals surface area contributed by atoms with Crippen LogP contribution in [0.1, 0.15) is 18.1 Å². The maximum Gasteiger partial charge on any atom is 0.122 e. The molecule has 0 amide bonds. The quantitative estimate of drug-likeness (QED) is 0.705. The molecule has 0 bridgehead atoms. The zero-order valence-corrected chi connectivity index (χ0v) is 8.10. The maximum atomic E-state index is 5.38. The Morgan fingerprint density at radius 2 is 2.25 bits per heavy atom. The summed E-state index contributed by atoms with van der Waals surface area (Å²) in [6, 6.07) is 5.95. The van der Waals surface area contributed by atoms with Gasteiger partial charge in [0.15, 0.2) is 0 Å². The first-order valence-corrected chi connectivity index (χ1v) is 4.59. The second-order valence-electron chi connectivity index (χ2n) is 2.53. The van der Waals surface area contributed by atoms with Crippen molar-refractivity contribution in [2.24, 2.45) is 0 Å². The molecule has 0 atom stereocenters. The Hall–Kier alpha value is -0.630. The van der Waals surface area contributed by atoms with E-state index in [1.807, 2.05) is 25.1 Å². The highest BCUT2D eigenvalue weighted by atomic mass is 32.1. The third kappa shape index (κ3) is 2.18. The molecule has 12 heavy (non-hydrogen) atoms. The molecule has 65 valence electrons. The molecule has 1 aromatic carbocycles. The van der Waals surface area contributed by atoms with Crippen molar-refractivity contribution in [3.63, 3.8) is 0 Å². The summed E-state index contributed by atoms with van der Waals surface area (Å²) in [6.07, 6.45) is 0. The van der Waals surface area contributed by atoms with E-state index in [9.17, 15) is 0 Å². The van der Waals surface area contributed by atoms with Crippen LogP contribution in [0.4, 0.5) is 0 Å². The van der Waals surface area contributed by atoms with Gasteiger partial charge in [-0.15, -0.1) is 0 Å². The zero-order valence-electron chi connectivity index (χ0n) is 7.21. The van der Waals surface area contributed by atoms with Gasteiger partial charge in [0.05, 0.1) is 6.61 Å². The average molecular weight is 181 g/mol. The van der Waals surface area contributed by atoms with Gasteiger partial charge in [-0.05, 0) is 31.0 Å². The summed E-state index contributed by atoms with van der Waals surface area (Å²) in [5.41, 5.74) is 2.09. The van der Waals surface area contributed by atoms with Gasteiger partial charge in [0.25, 0.3) is 0 Å². The van der Waals surface area contributed by atoms with Gasteiger partial charge in [-0.3, -0.25) is 0 Å². The first-order valence-electron chi connectivity index (χ1n) is 3.96. The Balaban J connectivity index is 2.91. The van der Waals surface area contributed by atoms with Crippen LogP contribution < -0.4 is 4.74 Å². The lowest BCUT2D eigenvalue weighted by atomic mass is 10.1. The average Bonchev–Trinajstić information content (AvgIpc) is 2.09. The normalized spacial score (nSPS) is 9.92. The molecule has 1 aromatic rings. The fourth-order valence-corrected chi connectivity index (χ4v) is 1.18. The van der Waals surface area contributed by atoms with Gasteiger partial charge in [-0.1, -0.05) is 12.1 Å². The third-order valence-corrected chi connectivity index (χ3v) is 1.98. The van der Waals surface area contributed by atoms with Crippen LogP contribution in [0.5, 0.6) is 5.75 Å². The monoisotopic (exact) mass is 181 g/mol. The van der Waals surface area contributed by atoms with Gasteiger partial charge >= 0.3 is 0 Å². The molecule has 1 radical (unpaired) electrons. The molecule has 0 aliphatic heterocycles. The van der Waals surface area contributed by atoms with Gasteiger partial charge in [0, 0.05) is 5.75 Å². The van der Waals surface area contributed by atoms with Crippen molar-refractivity contribution in [3.8, 4) is 5.75 Å². The minimum atomic E-state index is 0.679. The van der Waals surface area contributed by atoms with E-state index in [4.69, 9.17) is 4.74 Å². The number of thiol groups is 1. The van der Waals surface area contributed by atoms with Gasteiger partial charge < -0.3 is 4.74 Å². The standard InChI is InChI=1S/C10H13OS/c1-3-11-10-6-9(7-12)5-4-8(10)2/h4-6,12H,2-3,7H2,1H3. The van der Waals surface area contributed by atoms with Gasteiger partial charge in [-0.25, -0.2) is 0 Å². The highest BCUT2D eigenvalue weighted by Crippen LogP contribution is 2.20. The van der Waals surface area contributed by atoms with Crippen molar-refractivity contribution in [2.45, 2.75) is 12.7 Å². The topological polar surface area (TPSA) is 9.23 Å². The number of hydrogen-bond donors (Lipinski definition) is 1. The number of ether oxygens (including phenoxy) is 1. The van der Waals surface area contributed by atoms with E-state index < -0.39 is 0 Å². The molecule has 0 N–H and O–H groups in total. The van der Waals surface area contributed by atoms with Crippen molar-refractivity contribution < 1.29 is 4.74 Å². The molecule has 0 fully saturated rings. The van der Waals surface area contributed by atoms with E-state index in [0.29, 0.717) is 6.61 Å². The molecule has 0 aliphatic rings. The molecule has 1 rings (SSSR count). The summed E-state index contributed by atoms with van der Waals surface area (Å²) in [5, 5.41) is 0. The molecule has 0 saturated heterocycles. The molecule has 0 aromatic heterocycles. The van der Waals surface area contributed by atoms with Crippen LogP contribution in [0, 0.1) is 6.92 Å². The van der Waals surface area contributed by atoms with E-state index in [-0.39, 0.29) is 0 Å². The van der Waals surface area contributed by atoms with Crippen LogP contribution in [0.15, 0.2) is 18.2 Å². The fourth-order valence-electron chi connectivity index (χ4n) is 0.987. The van der Waals surface area contributed by atoms with Crippen molar-refractivity contribution >= 4 is 12.6 Å². The Morgan fingerprint density at radius 3 is 2.83 bits per heavy atom. The van der Waals surface area contributed by atoms with Crippen LogP contribution >= 0.6 is 12.6 Å². The molecule has 2 heteroatoms. The number of rotatable bonds is 3. The lowest BCUT2D eigenvalue weighted by Crippen LogP contribution is -1.94. The summed E-state index contributed by atoms with van der Waals surface area (Å²) in [7, 11) is 0. The summed E-state index contributed by atoms with van der Waals surface area (Å²) in [6.45, 7) is 6.51. The van der Waals surface area contributed by atoms with Gasteiger partial charge in [-0.2, -0.15) is 12.6 Å². The molecule has 0 heterocycles. The van der Waals surface area contributed by atoms with Crippen molar-refractivity contribution in [1.29, 1.82) is 0 Å². The molecule has 0 unspecified atom stereocenters. The Bertz CT molecular complexity index is 258. The van der Waals surface area contributed by atoms with Gasteiger partial charge in [0.2, 0.25) is 0 Å². The van der Waals surface area contributed by atoms with Crippen LogP contribution in [-0.2, 0) is 5.75 Å². The maximum absolute atomic E-state index is 5.38. The minimum Gasteiger partial charge on any atom is -0.494 e. The molecular formula is C10H13OS. The van der Waals surface area contributed by atoms with E-state index in [1.165, 1.54) is 0 Å². The number of hydrogen-bond acceptors (Lipinski definition) is 2. The summed E-state index contributed by atoms with van der Waals surface area (Å²) >= 11 is 4.18. The molecule has 0 spiro atoms. The van der Waals surface area contributed by atoms with Gasteiger partial charge in [0.1, 0.15) is 5.75 Å². The molecular weight excluding hydrogens is 168 g/mol. The third-order valence-electron chi connectivity index (χ3n) is 1.61. The van der Waals surface area contributed by atoms with Crippen molar-refractivity contribution in [2.75, 3.05) is 6.61 Å². The van der Waals surface area contributed by atoms with E-state index in [1.54, 1.807) is 0 Å². The Kier molecular flexibility index (Phi) is 3.48. The lowest BCUT2D eigenvalue weighted by Gasteiger charge is -2.07. The van der Waals surface area contributed by atoms with E-state index in [0.717, 1.165) is 22.6 Å². The zero-order chi connectivity index (χ0) is 8.97. The minimum absolute atomic E-state index is 0.679. The summed E-state index contributed by atoms with van der Waals surface area (Å²) in [4.78, 5) is 0. The van der Waals surface area contributed by atoms with E-state index >= 15 is 0 Å². The SMILES string of the molecule is [CH2]c1ccc(CS)cc1OCC. The first-order chi connectivity index (χ1) is 5.77. The van der Waals surface area contributed by atoms with E-state index in [2.05, 4.69) is 19.6 Å². The second-order valence-corrected chi connectivity index (χ2v) is 2.85. The molecule has 0 aliphatic carbocycles. The summed E-state index contributed by atoms with van der Waals surface area (Å²) in [5.74, 6) is 1.60. The predicted octanol–water partition coefficient (Wildman–Crippen LogP) is 2.70. The highest BCUT2D eigenvalue weighted by molar-refractivity contribution is 7.79. The van der Waals surface area contributed by atoms with Crippen molar-refractivity contribution in [3.05, 3.63) is 36.2 Å². The van der Waals surface area contributed by atoms with Crippen LogP contribution in [0.3, 0.4) is 0 Å². The second kappa shape index (κ2) is 4.41. The van der Waals surface area contributed by atoms with Crippen LogP contribution in [0.25, 0.3) is 0 Å². The van der Waals surface area contributed by atoms with Crippen LogP contribution in [0.2, 0.25) is 0 Å². The lowest BCUT2D eigenvalue weighted by molar-refractivity contribution is 0.338. The largest absolute Gasteiger partial charge is 0.494 e. The first kappa shape index (κ1) is 9.46. The van der Waals surface area contributed by atoms with Crippen molar-refractivity contribution in [1.82, 2.24) is 0 Å². The Morgan fingerprint density at radius 1 is 1.50 bits per heavy atom. The fraction of sp³-hybridized carbons (Fsp3) is 0.300. The molecule has 1 nitrogen and oxygen atoms in total. The molecule has 0 saturated carbocycles. The smallest absolute Gasteiger partial charge is 0.122 e. The highest BCUT2D eigenvalue weighted by Gasteiger charge is 1.99. The Labute approximate surface area is 79.2 Å². The van der Waals surface area contributed by atoms with Crippen LogP contribution in [-0.4, -0.2) is 6.61 Å².